The van der Waals surface area contributed by atoms with E-state index in [9.17, 15) is 18.1 Å². The Labute approximate surface area is 196 Å². The predicted octanol–water partition coefficient (Wildman–Crippen LogP) is 2.89. The molecule has 2 saturated carbocycles. The van der Waals surface area contributed by atoms with Crippen molar-refractivity contribution in [3.63, 3.8) is 0 Å². The van der Waals surface area contributed by atoms with Gasteiger partial charge in [0.05, 0.1) is 29.3 Å². The van der Waals surface area contributed by atoms with Gasteiger partial charge >= 0.3 is 5.25 Å². The lowest BCUT2D eigenvalue weighted by Gasteiger charge is -2.41. The number of alkyl halides is 2. The molecule has 2 aromatic heterocycles. The van der Waals surface area contributed by atoms with Gasteiger partial charge in [0.1, 0.15) is 27.3 Å². The van der Waals surface area contributed by atoms with Crippen molar-refractivity contribution in [2.75, 3.05) is 23.4 Å². The number of aromatic nitrogens is 4. The molecule has 4 heterocycles. The zero-order chi connectivity index (χ0) is 23.0. The normalized spacial score (nSPS) is 30.8. The molecule has 2 bridgehead atoms. The van der Waals surface area contributed by atoms with Gasteiger partial charge in [0.15, 0.2) is 0 Å². The zero-order valence-corrected chi connectivity index (χ0v) is 19.2. The van der Waals surface area contributed by atoms with Gasteiger partial charge in [0.25, 0.3) is 0 Å². The number of aliphatic hydroxyl groups excluding tert-OH is 1. The van der Waals surface area contributed by atoms with Crippen LogP contribution < -0.4 is 10.2 Å². The molecule has 2 aromatic rings. The fourth-order valence-corrected chi connectivity index (χ4v) is 6.90. The molecule has 0 amide bonds. The Hall–Kier alpha value is -1.98. The minimum atomic E-state index is -3.38. The van der Waals surface area contributed by atoms with Crippen LogP contribution in [0.2, 0.25) is 5.02 Å². The lowest BCUT2D eigenvalue weighted by atomic mass is 9.77. The van der Waals surface area contributed by atoms with Crippen LogP contribution in [-0.4, -0.2) is 59.2 Å². The van der Waals surface area contributed by atoms with Crippen molar-refractivity contribution >= 4 is 34.2 Å². The van der Waals surface area contributed by atoms with Crippen LogP contribution in [-0.2, 0) is 17.2 Å². The Morgan fingerprint density at radius 3 is 2.61 bits per heavy atom. The second-order valence-electron chi connectivity index (χ2n) is 9.55. The van der Waals surface area contributed by atoms with Gasteiger partial charge in [-0.2, -0.15) is 13.8 Å². The molecule has 4 aliphatic rings. The standard InChI is InChI=1S/C21H23ClF2N6O2S/c22-12-7-25-17(26-8-12)14-5-13-4-11(14)9-30(13)19-27-15-6-21(23,24)33(32)16(15)18(28-19)29-20(10-31)2-1-3-20/h7-8,11,13-14,31H,1-6,9-10H2,(H,27,28,29)/t11?,13?,14?,33-/m1/s1. The van der Waals surface area contributed by atoms with Crippen LogP contribution in [0, 0.1) is 5.92 Å². The average Bonchev–Trinajstić information content (AvgIpc) is 3.43. The third kappa shape index (κ3) is 3.42. The van der Waals surface area contributed by atoms with Crippen LogP contribution in [0.1, 0.15) is 49.5 Å². The summed E-state index contributed by atoms with van der Waals surface area (Å²) in [5.74, 6) is 1.82. The third-order valence-electron chi connectivity index (χ3n) is 7.52. The molecule has 2 aliphatic heterocycles. The Bertz CT molecular complexity index is 1130. The molecule has 0 aromatic carbocycles. The van der Waals surface area contributed by atoms with Gasteiger partial charge in [-0.25, -0.2) is 19.2 Å². The summed E-state index contributed by atoms with van der Waals surface area (Å²) in [5.41, 5.74) is -0.485. The summed E-state index contributed by atoms with van der Waals surface area (Å²) in [6.45, 7) is 0.533. The monoisotopic (exact) mass is 496 g/mol. The highest BCUT2D eigenvalue weighted by atomic mass is 35.5. The van der Waals surface area contributed by atoms with E-state index in [2.05, 4.69) is 30.2 Å². The number of nitrogens with zero attached hydrogens (tertiary/aromatic N) is 5. The fraction of sp³-hybridized carbons (Fsp3) is 0.619. The van der Waals surface area contributed by atoms with Crippen LogP contribution in [0.4, 0.5) is 20.5 Å². The number of nitrogens with one attached hydrogen (secondary N) is 1. The lowest BCUT2D eigenvalue weighted by Crippen LogP contribution is -2.49. The third-order valence-corrected chi connectivity index (χ3v) is 9.20. The van der Waals surface area contributed by atoms with Crippen molar-refractivity contribution in [2.45, 2.75) is 66.2 Å². The molecule has 2 aliphatic carbocycles. The first-order valence-corrected chi connectivity index (χ1v) is 12.7. The smallest absolute Gasteiger partial charge is 0.331 e. The van der Waals surface area contributed by atoms with Gasteiger partial charge in [0, 0.05) is 30.9 Å². The summed E-state index contributed by atoms with van der Waals surface area (Å²) in [4.78, 5) is 19.9. The predicted molar refractivity (Wildman–Crippen MR) is 118 cm³/mol. The first-order valence-electron chi connectivity index (χ1n) is 11.1. The average molecular weight is 497 g/mol. The highest BCUT2D eigenvalue weighted by molar-refractivity contribution is 7.86. The number of anilines is 2. The van der Waals surface area contributed by atoms with Gasteiger partial charge < -0.3 is 15.3 Å². The number of halogens is 3. The van der Waals surface area contributed by atoms with Gasteiger partial charge in [-0.05, 0) is 38.0 Å². The Balaban J connectivity index is 1.31. The molecule has 3 fully saturated rings. The van der Waals surface area contributed by atoms with E-state index >= 15 is 0 Å². The van der Waals surface area contributed by atoms with E-state index in [0.29, 0.717) is 36.3 Å². The van der Waals surface area contributed by atoms with Crippen molar-refractivity contribution in [3.8, 4) is 0 Å². The van der Waals surface area contributed by atoms with Gasteiger partial charge in [-0.1, -0.05) is 11.6 Å². The largest absolute Gasteiger partial charge is 0.394 e. The Morgan fingerprint density at radius 2 is 2.00 bits per heavy atom. The topological polar surface area (TPSA) is 104 Å². The van der Waals surface area contributed by atoms with E-state index < -0.39 is 28.0 Å². The summed E-state index contributed by atoms with van der Waals surface area (Å²) in [7, 11) is -2.53. The first kappa shape index (κ1) is 21.5. The molecule has 176 valence electrons. The summed E-state index contributed by atoms with van der Waals surface area (Å²) in [6.07, 6.45) is 6.61. The molecule has 8 nitrogen and oxygen atoms in total. The molecule has 4 atom stereocenters. The van der Waals surface area contributed by atoms with Crippen molar-refractivity contribution in [1.82, 2.24) is 19.9 Å². The lowest BCUT2D eigenvalue weighted by molar-refractivity contribution is 0.104. The van der Waals surface area contributed by atoms with E-state index in [-0.39, 0.29) is 35.0 Å². The quantitative estimate of drug-likeness (QED) is 0.651. The maximum absolute atomic E-state index is 14.4. The van der Waals surface area contributed by atoms with E-state index in [1.54, 1.807) is 12.4 Å². The minimum Gasteiger partial charge on any atom is -0.394 e. The van der Waals surface area contributed by atoms with Gasteiger partial charge in [-0.3, -0.25) is 0 Å². The Morgan fingerprint density at radius 1 is 1.24 bits per heavy atom. The number of hydrogen-bond acceptors (Lipinski definition) is 8. The fourth-order valence-electron chi connectivity index (χ4n) is 5.63. The number of piperidine rings is 1. The SMILES string of the molecule is O=[S@@]1c2c(nc(N3CC4CC3CC4c3ncc(Cl)cn3)nc2NC2(CO)CCC2)CC1(F)F. The van der Waals surface area contributed by atoms with Crippen LogP contribution in [0.25, 0.3) is 0 Å². The van der Waals surface area contributed by atoms with E-state index in [0.717, 1.165) is 25.1 Å². The number of rotatable bonds is 5. The number of aliphatic hydroxyl groups is 1. The van der Waals surface area contributed by atoms with Crippen molar-refractivity contribution in [3.05, 3.63) is 28.9 Å². The summed E-state index contributed by atoms with van der Waals surface area (Å²) in [5, 5.41) is 10.2. The van der Waals surface area contributed by atoms with Crippen molar-refractivity contribution < 1.29 is 18.1 Å². The molecule has 6 rings (SSSR count). The van der Waals surface area contributed by atoms with Crippen LogP contribution in [0.15, 0.2) is 17.3 Å². The van der Waals surface area contributed by atoms with E-state index in [1.165, 1.54) is 0 Å². The second-order valence-corrected chi connectivity index (χ2v) is 11.5. The maximum atomic E-state index is 14.4. The zero-order valence-electron chi connectivity index (χ0n) is 17.7. The highest BCUT2D eigenvalue weighted by Crippen LogP contribution is 2.49. The van der Waals surface area contributed by atoms with Crippen molar-refractivity contribution in [1.29, 1.82) is 0 Å². The molecule has 2 N–H and O–H groups in total. The molecule has 33 heavy (non-hydrogen) atoms. The summed E-state index contributed by atoms with van der Waals surface area (Å²) in [6, 6.07) is 0.146. The molecule has 0 radical (unpaired) electrons. The first-order chi connectivity index (χ1) is 15.8. The second kappa shape index (κ2) is 7.51. The maximum Gasteiger partial charge on any atom is 0.331 e. The van der Waals surface area contributed by atoms with Gasteiger partial charge in [0.2, 0.25) is 5.95 Å². The van der Waals surface area contributed by atoms with E-state index in [4.69, 9.17) is 11.6 Å². The summed E-state index contributed by atoms with van der Waals surface area (Å²) < 4.78 is 41.3. The molecule has 0 spiro atoms. The van der Waals surface area contributed by atoms with E-state index in [1.807, 2.05) is 0 Å². The Kier molecular flexibility index (Phi) is 4.90. The van der Waals surface area contributed by atoms with Crippen LogP contribution >= 0.6 is 11.6 Å². The molecule has 12 heteroatoms. The van der Waals surface area contributed by atoms with Crippen LogP contribution in [0.5, 0.6) is 0 Å². The molecular formula is C21H23ClF2N6O2S. The number of hydrogen-bond donors (Lipinski definition) is 2. The van der Waals surface area contributed by atoms with Crippen molar-refractivity contribution in [2.24, 2.45) is 5.92 Å². The number of fused-ring (bicyclic) bond motifs is 3. The van der Waals surface area contributed by atoms with Crippen LogP contribution in [0.3, 0.4) is 0 Å². The minimum absolute atomic E-state index is 0.0275. The highest BCUT2D eigenvalue weighted by Gasteiger charge is 2.52. The molecule has 3 unspecified atom stereocenters. The molecular weight excluding hydrogens is 474 g/mol. The van der Waals surface area contributed by atoms with Gasteiger partial charge in [-0.15, -0.1) is 0 Å². The summed E-state index contributed by atoms with van der Waals surface area (Å²) >= 11 is 5.92. The molecule has 1 saturated heterocycles.